The molecule has 0 saturated heterocycles. The number of aromatic nitrogens is 5. The molecule has 0 spiro atoms. The number of nitrogens with one attached hydrogen (secondary N) is 1. The maximum atomic E-state index is 13.2. The molecular formula is C18H14F4N6O. The van der Waals surface area contributed by atoms with Crippen LogP contribution in [0.4, 0.5) is 23.4 Å². The number of hydrogen-bond donors (Lipinski definition) is 1. The largest absolute Gasteiger partial charge is 0.455 e. The molecule has 3 rings (SSSR count). The molecule has 0 bridgehead atoms. The molecule has 3 aromatic heterocycles. The van der Waals surface area contributed by atoms with Crippen LogP contribution in [0.2, 0.25) is 0 Å². The molecule has 11 heteroatoms. The zero-order chi connectivity index (χ0) is 21.0. The van der Waals surface area contributed by atoms with Crippen LogP contribution in [0.15, 0.2) is 53.7 Å². The third kappa shape index (κ3) is 4.81. The average Bonchev–Trinajstić information content (AvgIpc) is 3.19. The first-order chi connectivity index (χ1) is 13.8. The number of rotatable bonds is 6. The number of halogens is 4. The Hall–Kier alpha value is -3.63. The molecule has 150 valence electrons. The fraction of sp³-hybridized carbons (Fsp3) is 0.167. The molecule has 0 saturated carbocycles. The van der Waals surface area contributed by atoms with Crippen LogP contribution in [0.5, 0.6) is 0 Å². The Morgan fingerprint density at radius 1 is 1.24 bits per heavy atom. The van der Waals surface area contributed by atoms with Crippen LogP contribution in [0.1, 0.15) is 24.2 Å². The smallest absolute Gasteiger partial charge is 0.360 e. The van der Waals surface area contributed by atoms with Gasteiger partial charge < -0.3 is 9.84 Å². The maximum Gasteiger partial charge on any atom is 0.455 e. The second-order valence-electron chi connectivity index (χ2n) is 5.79. The maximum absolute atomic E-state index is 13.2. The lowest BCUT2D eigenvalue weighted by atomic mass is 10.1. The number of nitrogens with zero attached hydrogens (tertiary/aromatic N) is 5. The van der Waals surface area contributed by atoms with Crippen molar-refractivity contribution >= 4 is 22.4 Å². The first-order valence-electron chi connectivity index (χ1n) is 8.19. The van der Waals surface area contributed by atoms with Gasteiger partial charge in [0.2, 0.25) is 5.89 Å². The summed E-state index contributed by atoms with van der Waals surface area (Å²) in [5, 5.41) is 6.24. The highest BCUT2D eigenvalue weighted by atomic mass is 19.4. The average molecular weight is 406 g/mol. The van der Waals surface area contributed by atoms with Gasteiger partial charge in [-0.1, -0.05) is 17.8 Å². The van der Waals surface area contributed by atoms with Gasteiger partial charge in [-0.2, -0.15) is 18.2 Å². The highest BCUT2D eigenvalue weighted by molar-refractivity contribution is 5.88. The summed E-state index contributed by atoms with van der Waals surface area (Å²) in [5.41, 5.74) is 1.77. The van der Waals surface area contributed by atoms with Crippen LogP contribution in [-0.4, -0.2) is 25.1 Å². The Balaban J connectivity index is 1.86. The Kier molecular flexibility index (Phi) is 5.66. The Morgan fingerprint density at radius 3 is 2.72 bits per heavy atom. The van der Waals surface area contributed by atoms with Crippen molar-refractivity contribution < 1.29 is 22.1 Å². The number of fused-ring (bicyclic) bond motifs is 1. The minimum atomic E-state index is -4.69. The van der Waals surface area contributed by atoms with E-state index in [1.165, 1.54) is 12.4 Å². The molecule has 0 fully saturated rings. The van der Waals surface area contributed by atoms with E-state index in [4.69, 9.17) is 0 Å². The van der Waals surface area contributed by atoms with E-state index in [9.17, 15) is 17.6 Å². The van der Waals surface area contributed by atoms with Crippen LogP contribution in [0, 0.1) is 0 Å². The van der Waals surface area contributed by atoms with Crippen LogP contribution >= 0.6 is 0 Å². The topological polar surface area (TPSA) is 89.6 Å². The summed E-state index contributed by atoms with van der Waals surface area (Å²) >= 11 is 0. The van der Waals surface area contributed by atoms with E-state index < -0.39 is 17.8 Å². The zero-order valence-corrected chi connectivity index (χ0v) is 15.0. The molecule has 0 aliphatic heterocycles. The Morgan fingerprint density at radius 2 is 2.03 bits per heavy atom. The third-order valence-electron chi connectivity index (χ3n) is 3.76. The molecule has 3 heterocycles. The lowest BCUT2D eigenvalue weighted by Crippen LogP contribution is -2.08. The highest BCUT2D eigenvalue weighted by Crippen LogP contribution is 2.27. The summed E-state index contributed by atoms with van der Waals surface area (Å²) in [4.78, 5) is 15.7. The molecule has 0 radical (unpaired) electrons. The van der Waals surface area contributed by atoms with Gasteiger partial charge in [-0.15, -0.1) is 0 Å². The van der Waals surface area contributed by atoms with Crippen LogP contribution in [-0.2, 0) is 12.7 Å². The summed E-state index contributed by atoms with van der Waals surface area (Å²) in [6, 6.07) is 1.73. The van der Waals surface area contributed by atoms with Crippen LogP contribution in [0.3, 0.4) is 0 Å². The fourth-order valence-corrected chi connectivity index (χ4v) is 2.27. The molecule has 0 unspecified atom stereocenters. The van der Waals surface area contributed by atoms with Crippen LogP contribution in [0.25, 0.3) is 16.6 Å². The molecular weight excluding hydrogens is 392 g/mol. The van der Waals surface area contributed by atoms with E-state index in [-0.39, 0.29) is 12.4 Å². The van der Waals surface area contributed by atoms with E-state index in [1.807, 2.05) is 0 Å². The van der Waals surface area contributed by atoms with E-state index in [0.717, 1.165) is 11.6 Å². The molecule has 7 nitrogen and oxygen atoms in total. The summed E-state index contributed by atoms with van der Waals surface area (Å²) in [6.07, 6.45) is 2.05. The summed E-state index contributed by atoms with van der Waals surface area (Å²) < 4.78 is 55.5. The number of hydrogen-bond acceptors (Lipinski definition) is 7. The minimum absolute atomic E-state index is 0.179. The molecule has 3 aromatic rings. The Labute approximate surface area is 161 Å². The predicted octanol–water partition coefficient (Wildman–Crippen LogP) is 4.48. The number of pyridine rings is 1. The summed E-state index contributed by atoms with van der Waals surface area (Å²) in [5.74, 6) is -1.78. The molecule has 0 aliphatic rings. The van der Waals surface area contributed by atoms with Crippen molar-refractivity contribution in [2.75, 3.05) is 5.32 Å². The zero-order valence-electron chi connectivity index (χ0n) is 15.0. The van der Waals surface area contributed by atoms with Crippen molar-refractivity contribution in [1.82, 2.24) is 25.1 Å². The summed E-state index contributed by atoms with van der Waals surface area (Å²) in [6.45, 7) is 4.92. The molecule has 1 N–H and O–H groups in total. The van der Waals surface area contributed by atoms with Gasteiger partial charge in [-0.3, -0.25) is 0 Å². The Bertz CT molecular complexity index is 1100. The van der Waals surface area contributed by atoms with Crippen molar-refractivity contribution in [1.29, 1.82) is 0 Å². The predicted molar refractivity (Wildman–Crippen MR) is 97.0 cm³/mol. The van der Waals surface area contributed by atoms with Crippen LogP contribution < -0.4 is 5.32 Å². The quantitative estimate of drug-likeness (QED) is 0.477. The van der Waals surface area contributed by atoms with Crippen molar-refractivity contribution in [2.45, 2.75) is 19.6 Å². The SMILES string of the molecule is C=C/C(F)=C\C=C(/C)c1cnc2ncnc(NCc3nc(C(F)(F)F)no3)c2c1. The molecule has 0 aliphatic carbocycles. The van der Waals surface area contributed by atoms with Crippen molar-refractivity contribution in [3.8, 4) is 0 Å². The van der Waals surface area contributed by atoms with Gasteiger partial charge in [0.05, 0.1) is 11.9 Å². The monoisotopic (exact) mass is 406 g/mol. The fourth-order valence-electron chi connectivity index (χ4n) is 2.27. The third-order valence-corrected chi connectivity index (χ3v) is 3.76. The number of alkyl halides is 3. The van der Waals surface area contributed by atoms with E-state index >= 15 is 0 Å². The highest BCUT2D eigenvalue weighted by Gasteiger charge is 2.37. The first kappa shape index (κ1) is 20.1. The lowest BCUT2D eigenvalue weighted by Gasteiger charge is -2.08. The number of anilines is 1. The molecule has 0 amide bonds. The second-order valence-corrected chi connectivity index (χ2v) is 5.79. The van der Waals surface area contributed by atoms with Gasteiger partial charge >= 0.3 is 6.18 Å². The van der Waals surface area contributed by atoms with Gasteiger partial charge in [-0.05, 0) is 36.3 Å². The van der Waals surface area contributed by atoms with E-state index in [1.54, 1.807) is 25.3 Å². The number of allylic oxidation sites excluding steroid dienone is 5. The molecule has 0 aromatic carbocycles. The van der Waals surface area contributed by atoms with Gasteiger partial charge in [0.25, 0.3) is 5.82 Å². The molecule has 29 heavy (non-hydrogen) atoms. The van der Waals surface area contributed by atoms with Gasteiger partial charge in [0.1, 0.15) is 18.0 Å². The van der Waals surface area contributed by atoms with Gasteiger partial charge in [0.15, 0.2) is 5.65 Å². The van der Waals surface area contributed by atoms with E-state index in [2.05, 4.69) is 41.5 Å². The normalized spacial score (nSPS) is 13.0. The minimum Gasteiger partial charge on any atom is -0.360 e. The van der Waals surface area contributed by atoms with Gasteiger partial charge in [0, 0.05) is 6.20 Å². The summed E-state index contributed by atoms with van der Waals surface area (Å²) in [7, 11) is 0. The van der Waals surface area contributed by atoms with Crippen molar-refractivity contribution in [3.05, 3.63) is 66.5 Å². The van der Waals surface area contributed by atoms with E-state index in [0.29, 0.717) is 22.4 Å². The van der Waals surface area contributed by atoms with Crippen molar-refractivity contribution in [2.24, 2.45) is 0 Å². The van der Waals surface area contributed by atoms with Gasteiger partial charge in [-0.25, -0.2) is 19.3 Å². The first-order valence-corrected chi connectivity index (χ1v) is 8.19. The lowest BCUT2D eigenvalue weighted by molar-refractivity contribution is -0.146. The molecule has 0 atom stereocenters. The van der Waals surface area contributed by atoms with Crippen molar-refractivity contribution in [3.63, 3.8) is 0 Å². The second kappa shape index (κ2) is 8.17. The standard InChI is InChI=1S/C18H14F4N6O/c1-3-12(19)5-4-10(2)11-6-13-15(23-7-11)25-9-26-16(13)24-8-14-27-17(28-29-14)18(20,21)22/h3-7,9H,1,8H2,2H3,(H,23,24,25,26)/b10-4+,12-5+.